The Morgan fingerprint density at radius 3 is 2.26 bits per heavy atom. The Hall–Kier alpha value is -2.85. The van der Waals surface area contributed by atoms with E-state index in [1.807, 2.05) is 42.5 Å². The number of methoxy groups -OCH3 is 1. The molecule has 2 N–H and O–H groups in total. The van der Waals surface area contributed by atoms with Crippen molar-refractivity contribution in [2.45, 2.75) is 19.9 Å². The molecule has 3 rings (SSSR count). The molecule has 138 valence electrons. The lowest BCUT2D eigenvalue weighted by Crippen LogP contribution is -2.33. The van der Waals surface area contributed by atoms with Crippen molar-refractivity contribution in [1.29, 1.82) is 0 Å². The number of rotatable bonds is 5. The van der Waals surface area contributed by atoms with Crippen molar-refractivity contribution >= 4 is 23.0 Å². The van der Waals surface area contributed by atoms with Gasteiger partial charge in [-0.05, 0) is 67.0 Å². The normalized spacial score (nSPS) is 11.5. The molecule has 0 aromatic heterocycles. The number of hydrogen-bond acceptors (Lipinski definition) is 2. The van der Waals surface area contributed by atoms with Crippen molar-refractivity contribution in [3.8, 4) is 5.75 Å². The first kappa shape index (κ1) is 18.9. The van der Waals surface area contributed by atoms with Gasteiger partial charge in [0.25, 0.3) is 0 Å². The van der Waals surface area contributed by atoms with E-state index in [-0.39, 0.29) is 6.04 Å². The summed E-state index contributed by atoms with van der Waals surface area (Å²) in [5, 5.41) is 7.31. The zero-order chi connectivity index (χ0) is 19.2. The van der Waals surface area contributed by atoms with Crippen molar-refractivity contribution in [1.82, 2.24) is 5.32 Å². The molecule has 0 saturated carbocycles. The monoisotopic (exact) mass is 376 g/mol. The van der Waals surface area contributed by atoms with Crippen LogP contribution in [0.15, 0.2) is 72.8 Å². The number of benzene rings is 3. The molecule has 0 aliphatic rings. The fraction of sp³-hybridized carbons (Fsp3) is 0.174. The van der Waals surface area contributed by atoms with Gasteiger partial charge < -0.3 is 15.4 Å². The number of aryl methyl sites for hydroxylation is 2. The van der Waals surface area contributed by atoms with Gasteiger partial charge in [-0.2, -0.15) is 0 Å². The third kappa shape index (κ3) is 4.86. The first-order valence-corrected chi connectivity index (χ1v) is 9.31. The van der Waals surface area contributed by atoms with Crippen LogP contribution in [-0.2, 0) is 0 Å². The Morgan fingerprint density at radius 2 is 1.63 bits per heavy atom. The second-order valence-electron chi connectivity index (χ2n) is 6.53. The fourth-order valence-electron chi connectivity index (χ4n) is 3.11. The number of thiocarbonyl (C=S) groups is 1. The maximum atomic E-state index is 5.59. The minimum Gasteiger partial charge on any atom is -0.497 e. The van der Waals surface area contributed by atoms with Crippen molar-refractivity contribution < 1.29 is 4.74 Å². The van der Waals surface area contributed by atoms with Crippen LogP contribution in [0.2, 0.25) is 0 Å². The maximum absolute atomic E-state index is 5.59. The third-order valence-corrected chi connectivity index (χ3v) is 4.71. The molecule has 3 aromatic carbocycles. The minimum atomic E-state index is -0.0231. The van der Waals surface area contributed by atoms with Gasteiger partial charge in [0.15, 0.2) is 5.11 Å². The molecule has 27 heavy (non-hydrogen) atoms. The molecule has 3 nitrogen and oxygen atoms in total. The summed E-state index contributed by atoms with van der Waals surface area (Å²) in [6.45, 7) is 4.25. The van der Waals surface area contributed by atoms with E-state index < -0.39 is 0 Å². The first-order chi connectivity index (χ1) is 13.1. The average Bonchev–Trinajstić information content (AvgIpc) is 2.68. The zero-order valence-electron chi connectivity index (χ0n) is 15.8. The standard InChI is InChI=1S/C23H24N2OS/c1-16-9-14-21(17(2)15-16)22(18-7-5-4-6-8-18)25-23(27)24-19-10-12-20(26-3)13-11-19/h4-15,22H,1-3H3,(H2,24,25,27)/t22-/m1/s1. The van der Waals surface area contributed by atoms with Crippen LogP contribution in [-0.4, -0.2) is 12.2 Å². The predicted molar refractivity (Wildman–Crippen MR) is 117 cm³/mol. The third-order valence-electron chi connectivity index (χ3n) is 4.49. The van der Waals surface area contributed by atoms with Gasteiger partial charge in [-0.25, -0.2) is 0 Å². The summed E-state index contributed by atoms with van der Waals surface area (Å²) in [7, 11) is 1.66. The molecule has 0 saturated heterocycles. The largest absolute Gasteiger partial charge is 0.497 e. The highest BCUT2D eigenvalue weighted by Gasteiger charge is 2.17. The smallest absolute Gasteiger partial charge is 0.171 e. The van der Waals surface area contributed by atoms with Crippen LogP contribution in [0.4, 0.5) is 5.69 Å². The Bertz CT molecular complexity index is 907. The summed E-state index contributed by atoms with van der Waals surface area (Å²) in [6.07, 6.45) is 0. The van der Waals surface area contributed by atoms with E-state index in [9.17, 15) is 0 Å². The lowest BCUT2D eigenvalue weighted by atomic mass is 9.94. The first-order valence-electron chi connectivity index (χ1n) is 8.90. The molecule has 4 heteroatoms. The van der Waals surface area contributed by atoms with Gasteiger partial charge >= 0.3 is 0 Å². The molecule has 0 unspecified atom stereocenters. The van der Waals surface area contributed by atoms with E-state index >= 15 is 0 Å². The molecule has 0 fully saturated rings. The van der Waals surface area contributed by atoms with E-state index in [0.717, 1.165) is 11.4 Å². The highest BCUT2D eigenvalue weighted by molar-refractivity contribution is 7.80. The summed E-state index contributed by atoms with van der Waals surface area (Å²) in [4.78, 5) is 0. The van der Waals surface area contributed by atoms with Gasteiger partial charge in [0.1, 0.15) is 5.75 Å². The van der Waals surface area contributed by atoms with Gasteiger partial charge in [-0.1, -0.05) is 54.1 Å². The van der Waals surface area contributed by atoms with Gasteiger partial charge in [0.05, 0.1) is 13.2 Å². The highest BCUT2D eigenvalue weighted by Crippen LogP contribution is 2.26. The Morgan fingerprint density at radius 1 is 0.926 bits per heavy atom. The molecule has 0 bridgehead atoms. The van der Waals surface area contributed by atoms with Crippen LogP contribution >= 0.6 is 12.2 Å². The minimum absolute atomic E-state index is 0.0231. The Balaban J connectivity index is 1.83. The number of anilines is 1. The Kier molecular flexibility index (Phi) is 6.09. The molecular formula is C23H24N2OS. The topological polar surface area (TPSA) is 33.3 Å². The van der Waals surface area contributed by atoms with Crippen molar-refractivity contribution in [2.24, 2.45) is 0 Å². The highest BCUT2D eigenvalue weighted by atomic mass is 32.1. The summed E-state index contributed by atoms with van der Waals surface area (Å²) < 4.78 is 5.20. The summed E-state index contributed by atoms with van der Waals surface area (Å²) in [5.41, 5.74) is 5.79. The van der Waals surface area contributed by atoms with Crippen molar-refractivity contribution in [3.05, 3.63) is 95.1 Å². The molecule has 0 aliphatic heterocycles. The lowest BCUT2D eigenvalue weighted by molar-refractivity contribution is 0.415. The van der Waals surface area contributed by atoms with E-state index in [4.69, 9.17) is 17.0 Å². The predicted octanol–water partition coefficient (Wildman–Crippen LogP) is 5.39. The van der Waals surface area contributed by atoms with Gasteiger partial charge in [0, 0.05) is 5.69 Å². The molecule has 0 heterocycles. The number of hydrogen-bond donors (Lipinski definition) is 2. The molecule has 0 radical (unpaired) electrons. The summed E-state index contributed by atoms with van der Waals surface area (Å²) in [5.74, 6) is 0.817. The van der Waals surface area contributed by atoms with Crippen LogP contribution in [0.25, 0.3) is 0 Å². The van der Waals surface area contributed by atoms with Crippen LogP contribution in [0.3, 0.4) is 0 Å². The van der Waals surface area contributed by atoms with Crippen LogP contribution in [0.5, 0.6) is 5.75 Å². The van der Waals surface area contributed by atoms with Gasteiger partial charge in [0.2, 0.25) is 0 Å². The van der Waals surface area contributed by atoms with E-state index in [0.29, 0.717) is 5.11 Å². The van der Waals surface area contributed by atoms with E-state index in [1.165, 1.54) is 22.3 Å². The van der Waals surface area contributed by atoms with Crippen LogP contribution in [0.1, 0.15) is 28.3 Å². The van der Waals surface area contributed by atoms with E-state index in [1.54, 1.807) is 7.11 Å². The molecule has 0 aliphatic carbocycles. The molecular weight excluding hydrogens is 352 g/mol. The zero-order valence-corrected chi connectivity index (χ0v) is 16.6. The van der Waals surface area contributed by atoms with E-state index in [2.05, 4.69) is 54.8 Å². The maximum Gasteiger partial charge on any atom is 0.171 e. The average molecular weight is 377 g/mol. The SMILES string of the molecule is COc1ccc(NC(=S)N[C@H](c2ccccc2)c2ccc(C)cc2C)cc1. The lowest BCUT2D eigenvalue weighted by Gasteiger charge is -2.24. The summed E-state index contributed by atoms with van der Waals surface area (Å²) >= 11 is 5.59. The second-order valence-corrected chi connectivity index (χ2v) is 6.94. The van der Waals surface area contributed by atoms with Gasteiger partial charge in [-0.15, -0.1) is 0 Å². The fourth-order valence-corrected chi connectivity index (χ4v) is 3.34. The van der Waals surface area contributed by atoms with Crippen LogP contribution < -0.4 is 15.4 Å². The van der Waals surface area contributed by atoms with Crippen molar-refractivity contribution in [2.75, 3.05) is 12.4 Å². The molecule has 0 spiro atoms. The van der Waals surface area contributed by atoms with Crippen molar-refractivity contribution in [3.63, 3.8) is 0 Å². The molecule has 0 amide bonds. The number of ether oxygens (including phenoxy) is 1. The summed E-state index contributed by atoms with van der Waals surface area (Å²) in [6, 6.07) is 24.6. The molecule has 3 aromatic rings. The molecule has 1 atom stereocenters. The second kappa shape index (κ2) is 8.69. The Labute approximate surface area is 166 Å². The number of nitrogens with one attached hydrogen (secondary N) is 2. The van der Waals surface area contributed by atoms with Gasteiger partial charge in [-0.3, -0.25) is 0 Å². The quantitative estimate of drug-likeness (QED) is 0.585. The van der Waals surface area contributed by atoms with Crippen LogP contribution in [0, 0.1) is 13.8 Å².